The molecule has 2 aromatic heterocycles. The molecule has 124 valence electrons. The number of carbonyl (C=O) groups is 1. The van der Waals surface area contributed by atoms with Crippen LogP contribution >= 0.6 is 11.8 Å². The number of rotatable bonds is 7. The van der Waals surface area contributed by atoms with Crippen LogP contribution in [0, 0.1) is 0 Å². The monoisotopic (exact) mass is 333 g/mol. The lowest BCUT2D eigenvalue weighted by Crippen LogP contribution is -2.35. The van der Waals surface area contributed by atoms with Gasteiger partial charge in [-0.3, -0.25) is 9.20 Å². The summed E-state index contributed by atoms with van der Waals surface area (Å²) in [5.74, 6) is 1.86. The first-order chi connectivity index (χ1) is 11.3. The Labute approximate surface area is 140 Å². The summed E-state index contributed by atoms with van der Waals surface area (Å²) in [6.45, 7) is 1.02. The fraction of sp³-hybridized carbons (Fsp3) is 0.562. The average molecular weight is 333 g/mol. The standard InChI is InChI=1S/C16H23N5OS/c1-23-10-7-13(18-15(22)11-12-5-4-8-17-12)16-20-19-14-6-2-3-9-21(14)16/h2-3,6,9,12-13,17H,4-5,7-8,10-11H2,1H3,(H,18,22). The fourth-order valence-corrected chi connectivity index (χ4v) is 3.48. The Hall–Kier alpha value is -1.60. The minimum Gasteiger partial charge on any atom is -0.346 e. The maximum absolute atomic E-state index is 12.4. The highest BCUT2D eigenvalue weighted by Gasteiger charge is 2.23. The number of nitrogens with one attached hydrogen (secondary N) is 2. The lowest BCUT2D eigenvalue weighted by molar-refractivity contribution is -0.122. The van der Waals surface area contributed by atoms with Crippen LogP contribution in [0.4, 0.5) is 0 Å². The second-order valence-electron chi connectivity index (χ2n) is 5.89. The van der Waals surface area contributed by atoms with Gasteiger partial charge in [0.1, 0.15) is 0 Å². The van der Waals surface area contributed by atoms with E-state index in [1.807, 2.05) is 28.8 Å². The predicted molar refractivity (Wildman–Crippen MR) is 92.5 cm³/mol. The molecule has 0 radical (unpaired) electrons. The molecule has 2 aromatic rings. The van der Waals surface area contributed by atoms with Crippen LogP contribution in [0.15, 0.2) is 24.4 Å². The number of carbonyl (C=O) groups excluding carboxylic acids is 1. The highest BCUT2D eigenvalue weighted by Crippen LogP contribution is 2.19. The zero-order chi connectivity index (χ0) is 16.1. The van der Waals surface area contributed by atoms with Crippen LogP contribution in [-0.2, 0) is 4.79 Å². The molecule has 23 heavy (non-hydrogen) atoms. The Kier molecular flexibility index (Phi) is 5.51. The van der Waals surface area contributed by atoms with E-state index in [1.54, 1.807) is 11.8 Å². The van der Waals surface area contributed by atoms with Crippen LogP contribution in [0.2, 0.25) is 0 Å². The van der Waals surface area contributed by atoms with Gasteiger partial charge >= 0.3 is 0 Å². The van der Waals surface area contributed by atoms with Crippen molar-refractivity contribution in [3.8, 4) is 0 Å². The zero-order valence-corrected chi connectivity index (χ0v) is 14.2. The van der Waals surface area contributed by atoms with Crippen molar-refractivity contribution in [2.75, 3.05) is 18.6 Å². The van der Waals surface area contributed by atoms with Crippen molar-refractivity contribution in [2.24, 2.45) is 0 Å². The van der Waals surface area contributed by atoms with Gasteiger partial charge in [0.25, 0.3) is 0 Å². The summed E-state index contributed by atoms with van der Waals surface area (Å²) in [4.78, 5) is 12.4. The van der Waals surface area contributed by atoms with Crippen LogP contribution in [-0.4, -0.2) is 45.1 Å². The van der Waals surface area contributed by atoms with E-state index in [0.717, 1.165) is 43.0 Å². The molecule has 3 heterocycles. The van der Waals surface area contributed by atoms with Crippen molar-refractivity contribution in [3.05, 3.63) is 30.2 Å². The van der Waals surface area contributed by atoms with E-state index in [4.69, 9.17) is 0 Å². The van der Waals surface area contributed by atoms with E-state index in [-0.39, 0.29) is 11.9 Å². The summed E-state index contributed by atoms with van der Waals surface area (Å²) in [6.07, 6.45) is 7.64. The van der Waals surface area contributed by atoms with Crippen molar-refractivity contribution in [3.63, 3.8) is 0 Å². The molecule has 1 aliphatic rings. The third kappa shape index (κ3) is 4.03. The van der Waals surface area contributed by atoms with Gasteiger partial charge in [-0.25, -0.2) is 0 Å². The summed E-state index contributed by atoms with van der Waals surface area (Å²) in [6, 6.07) is 6.03. The minimum atomic E-state index is -0.103. The molecule has 2 unspecified atom stereocenters. The van der Waals surface area contributed by atoms with Crippen molar-refractivity contribution in [2.45, 2.75) is 37.8 Å². The summed E-state index contributed by atoms with van der Waals surface area (Å²) in [5, 5.41) is 15.0. The Balaban J connectivity index is 1.73. The molecule has 1 saturated heterocycles. The van der Waals surface area contributed by atoms with Gasteiger partial charge in [-0.2, -0.15) is 11.8 Å². The zero-order valence-electron chi connectivity index (χ0n) is 13.4. The first-order valence-corrected chi connectivity index (χ1v) is 9.48. The van der Waals surface area contributed by atoms with Gasteiger partial charge in [0.2, 0.25) is 5.91 Å². The van der Waals surface area contributed by atoms with Crippen LogP contribution in [0.1, 0.15) is 37.5 Å². The number of amides is 1. The van der Waals surface area contributed by atoms with E-state index < -0.39 is 0 Å². The molecule has 0 bridgehead atoms. The van der Waals surface area contributed by atoms with E-state index in [1.165, 1.54) is 0 Å². The molecular formula is C16H23N5OS. The molecule has 3 rings (SSSR count). The summed E-state index contributed by atoms with van der Waals surface area (Å²) < 4.78 is 1.96. The largest absolute Gasteiger partial charge is 0.346 e. The Morgan fingerprint density at radius 1 is 1.52 bits per heavy atom. The van der Waals surface area contributed by atoms with Crippen LogP contribution < -0.4 is 10.6 Å². The van der Waals surface area contributed by atoms with E-state index in [9.17, 15) is 4.79 Å². The lowest BCUT2D eigenvalue weighted by atomic mass is 10.1. The number of aromatic nitrogens is 3. The second kappa shape index (κ2) is 7.79. The van der Waals surface area contributed by atoms with Crippen molar-refractivity contribution in [1.29, 1.82) is 0 Å². The van der Waals surface area contributed by atoms with Crippen LogP contribution in [0.25, 0.3) is 5.65 Å². The number of thioether (sulfide) groups is 1. The molecule has 0 aromatic carbocycles. The highest BCUT2D eigenvalue weighted by molar-refractivity contribution is 7.98. The second-order valence-corrected chi connectivity index (χ2v) is 6.87. The first-order valence-electron chi connectivity index (χ1n) is 8.09. The topological polar surface area (TPSA) is 71.3 Å². The molecule has 1 amide bonds. The molecule has 2 atom stereocenters. The van der Waals surface area contributed by atoms with Gasteiger partial charge in [-0.15, -0.1) is 10.2 Å². The molecule has 6 nitrogen and oxygen atoms in total. The molecular weight excluding hydrogens is 310 g/mol. The molecule has 2 N–H and O–H groups in total. The van der Waals surface area contributed by atoms with Gasteiger partial charge in [-0.05, 0) is 49.9 Å². The fourth-order valence-electron chi connectivity index (χ4n) is 3.01. The summed E-state index contributed by atoms with van der Waals surface area (Å²) in [5.41, 5.74) is 0.809. The van der Waals surface area contributed by atoms with Crippen LogP contribution in [0.5, 0.6) is 0 Å². The Morgan fingerprint density at radius 2 is 2.43 bits per heavy atom. The van der Waals surface area contributed by atoms with Crippen molar-refractivity contribution < 1.29 is 4.79 Å². The van der Waals surface area contributed by atoms with E-state index >= 15 is 0 Å². The lowest BCUT2D eigenvalue weighted by Gasteiger charge is -2.18. The molecule has 7 heteroatoms. The third-order valence-electron chi connectivity index (χ3n) is 4.19. The summed E-state index contributed by atoms with van der Waals surface area (Å²) >= 11 is 1.77. The summed E-state index contributed by atoms with van der Waals surface area (Å²) in [7, 11) is 0. The Morgan fingerprint density at radius 3 is 3.22 bits per heavy atom. The molecule has 1 aliphatic heterocycles. The van der Waals surface area contributed by atoms with Gasteiger partial charge in [0.15, 0.2) is 11.5 Å². The molecule has 1 fully saturated rings. The number of hydrogen-bond donors (Lipinski definition) is 2. The minimum absolute atomic E-state index is 0.0863. The first kappa shape index (κ1) is 16.3. The van der Waals surface area contributed by atoms with Gasteiger partial charge in [-0.1, -0.05) is 6.07 Å². The van der Waals surface area contributed by atoms with E-state index in [0.29, 0.717) is 12.5 Å². The van der Waals surface area contributed by atoms with Crippen molar-refractivity contribution in [1.82, 2.24) is 25.2 Å². The highest BCUT2D eigenvalue weighted by atomic mass is 32.2. The molecule has 0 spiro atoms. The smallest absolute Gasteiger partial charge is 0.222 e. The maximum Gasteiger partial charge on any atom is 0.222 e. The Bertz CT molecular complexity index is 653. The quantitative estimate of drug-likeness (QED) is 0.808. The number of nitrogens with zero attached hydrogens (tertiary/aromatic N) is 3. The number of hydrogen-bond acceptors (Lipinski definition) is 5. The normalized spacial score (nSPS) is 19.1. The number of fused-ring (bicyclic) bond motifs is 1. The number of pyridine rings is 1. The molecule has 0 saturated carbocycles. The molecule has 0 aliphatic carbocycles. The van der Waals surface area contributed by atoms with Gasteiger partial charge in [0, 0.05) is 18.7 Å². The predicted octanol–water partition coefficient (Wildman–Crippen LogP) is 1.78. The van der Waals surface area contributed by atoms with E-state index in [2.05, 4.69) is 27.1 Å². The SMILES string of the molecule is CSCCC(NC(=O)CC1CCCN1)c1nnc2ccccn12. The van der Waals surface area contributed by atoms with Crippen LogP contribution in [0.3, 0.4) is 0 Å². The van der Waals surface area contributed by atoms with Gasteiger partial charge < -0.3 is 10.6 Å². The van der Waals surface area contributed by atoms with Gasteiger partial charge in [0.05, 0.1) is 6.04 Å². The van der Waals surface area contributed by atoms with Crippen molar-refractivity contribution >= 4 is 23.3 Å². The maximum atomic E-state index is 12.4. The third-order valence-corrected chi connectivity index (χ3v) is 4.84. The average Bonchev–Trinajstić information content (AvgIpc) is 3.20.